The van der Waals surface area contributed by atoms with E-state index >= 15 is 0 Å². The van der Waals surface area contributed by atoms with Gasteiger partial charge >= 0.3 is 11.9 Å². The van der Waals surface area contributed by atoms with E-state index in [9.17, 15) is 19.5 Å². The fourth-order valence-electron chi connectivity index (χ4n) is 5.18. The number of fused-ring (bicyclic) bond motifs is 1. The normalized spacial score (nSPS) is 19.5. The topological polar surface area (TPSA) is 115 Å². The van der Waals surface area contributed by atoms with E-state index < -0.39 is 17.9 Å². The minimum absolute atomic E-state index is 0.0334. The fourth-order valence-corrected chi connectivity index (χ4v) is 6.26. The lowest BCUT2D eigenvalue weighted by atomic mass is 9.89. The van der Waals surface area contributed by atoms with Crippen molar-refractivity contribution in [3.63, 3.8) is 0 Å². The fraction of sp³-hybridized carbons (Fsp3) is 0.370. The van der Waals surface area contributed by atoms with E-state index in [0.717, 1.165) is 60.3 Å². The number of rotatable bonds is 8. The number of para-hydroxylation sites is 1. The molecule has 0 radical (unpaired) electrons. The molecular weight excluding hydrogens is 494 g/mol. The number of piperazine rings is 1. The lowest BCUT2D eigenvalue weighted by Gasteiger charge is -2.35. The van der Waals surface area contributed by atoms with Gasteiger partial charge in [-0.25, -0.2) is 9.59 Å². The summed E-state index contributed by atoms with van der Waals surface area (Å²) < 4.78 is 5.71. The summed E-state index contributed by atoms with van der Waals surface area (Å²) in [4.78, 5) is 43.8. The summed E-state index contributed by atoms with van der Waals surface area (Å²) >= 11 is 1.66. The SMILES string of the molecule is O=C(O)/C=C(\C(=O)O)C1CCC(=O)N(Cc2ccc(CN3CCN(c4cccc5ccoc45)CC3)s2)C1. The number of carbonyl (C=O) groups excluding carboxylic acids is 1. The number of furan rings is 1. The highest BCUT2D eigenvalue weighted by Crippen LogP contribution is 2.30. The first-order valence-corrected chi connectivity index (χ1v) is 13.2. The number of nitrogens with zero attached hydrogens (tertiary/aromatic N) is 3. The van der Waals surface area contributed by atoms with Crippen LogP contribution in [0.2, 0.25) is 0 Å². The number of aliphatic carboxylic acids is 2. The van der Waals surface area contributed by atoms with Crippen LogP contribution in [-0.2, 0) is 27.5 Å². The second kappa shape index (κ2) is 10.8. The standard InChI is InChI=1S/C27H29N3O6S/c31-24-7-4-19(22(27(34)35)14-25(32)33)15-30(24)17-21-6-5-20(37-21)16-28-9-11-29(12-10-28)23-3-1-2-18-8-13-36-26(18)23/h1-3,5-6,8,13-14,19H,4,7,9-12,15-17H2,(H,32,33)(H,34,35)/b22-14-. The van der Waals surface area contributed by atoms with Crippen LogP contribution in [0.5, 0.6) is 0 Å². The lowest BCUT2D eigenvalue weighted by molar-refractivity contribution is -0.138. The minimum atomic E-state index is -1.29. The largest absolute Gasteiger partial charge is 0.478 e. The molecule has 4 heterocycles. The van der Waals surface area contributed by atoms with Gasteiger partial charge in [-0.15, -0.1) is 11.3 Å². The summed E-state index contributed by atoms with van der Waals surface area (Å²) in [6, 6.07) is 12.3. The number of benzene rings is 1. The molecule has 2 saturated heterocycles. The number of likely N-dealkylation sites (tertiary alicyclic amines) is 1. The van der Waals surface area contributed by atoms with Crippen molar-refractivity contribution in [3.8, 4) is 0 Å². The molecule has 2 aliphatic heterocycles. The molecule has 0 aliphatic carbocycles. The Bertz CT molecular complexity index is 1340. The molecule has 10 heteroatoms. The van der Waals surface area contributed by atoms with Gasteiger partial charge in [0.05, 0.1) is 18.5 Å². The highest BCUT2D eigenvalue weighted by atomic mass is 32.1. The molecule has 37 heavy (non-hydrogen) atoms. The Morgan fingerprint density at radius 3 is 2.51 bits per heavy atom. The van der Waals surface area contributed by atoms with Gasteiger partial charge in [0.2, 0.25) is 5.91 Å². The van der Waals surface area contributed by atoms with Gasteiger partial charge in [0.15, 0.2) is 5.58 Å². The molecule has 0 saturated carbocycles. The van der Waals surface area contributed by atoms with Crippen LogP contribution in [0.15, 0.2) is 58.7 Å². The van der Waals surface area contributed by atoms with Crippen molar-refractivity contribution >= 4 is 45.8 Å². The molecule has 1 atom stereocenters. The molecule has 5 rings (SSSR count). The molecule has 2 fully saturated rings. The van der Waals surface area contributed by atoms with E-state index in [1.165, 1.54) is 4.88 Å². The van der Waals surface area contributed by atoms with E-state index in [-0.39, 0.29) is 24.4 Å². The molecule has 1 amide bonds. The Balaban J connectivity index is 1.17. The summed E-state index contributed by atoms with van der Waals surface area (Å²) in [5, 5.41) is 19.6. The summed E-state index contributed by atoms with van der Waals surface area (Å²) in [6.45, 7) is 5.15. The number of hydrogen-bond acceptors (Lipinski definition) is 7. The zero-order valence-electron chi connectivity index (χ0n) is 20.3. The van der Waals surface area contributed by atoms with Crippen LogP contribution < -0.4 is 4.90 Å². The van der Waals surface area contributed by atoms with Crippen molar-refractivity contribution in [3.05, 3.63) is 64.1 Å². The Labute approximate surface area is 218 Å². The van der Waals surface area contributed by atoms with Crippen molar-refractivity contribution in [2.24, 2.45) is 5.92 Å². The molecular formula is C27H29N3O6S. The van der Waals surface area contributed by atoms with Gasteiger partial charge in [0, 0.05) is 78.4 Å². The number of amides is 1. The molecule has 0 bridgehead atoms. The van der Waals surface area contributed by atoms with Crippen molar-refractivity contribution < 1.29 is 29.0 Å². The summed E-state index contributed by atoms with van der Waals surface area (Å²) in [6.07, 6.45) is 3.03. The third kappa shape index (κ3) is 5.70. The van der Waals surface area contributed by atoms with Crippen molar-refractivity contribution in [2.75, 3.05) is 37.6 Å². The van der Waals surface area contributed by atoms with Crippen LogP contribution in [0.1, 0.15) is 22.6 Å². The summed E-state index contributed by atoms with van der Waals surface area (Å²) in [7, 11) is 0. The van der Waals surface area contributed by atoms with Gasteiger partial charge in [-0.2, -0.15) is 0 Å². The number of hydrogen-bond donors (Lipinski definition) is 2. The van der Waals surface area contributed by atoms with Crippen LogP contribution in [0.3, 0.4) is 0 Å². The van der Waals surface area contributed by atoms with E-state index in [2.05, 4.69) is 34.1 Å². The number of piperidine rings is 1. The van der Waals surface area contributed by atoms with Crippen molar-refractivity contribution in [2.45, 2.75) is 25.9 Å². The van der Waals surface area contributed by atoms with Crippen LogP contribution in [0.4, 0.5) is 5.69 Å². The molecule has 3 aromatic rings. The predicted octanol–water partition coefficient (Wildman–Crippen LogP) is 3.65. The average molecular weight is 524 g/mol. The Morgan fingerprint density at radius 2 is 1.78 bits per heavy atom. The molecule has 2 aliphatic rings. The first-order chi connectivity index (χ1) is 17.9. The maximum absolute atomic E-state index is 12.5. The monoisotopic (exact) mass is 523 g/mol. The Morgan fingerprint density at radius 1 is 1.03 bits per heavy atom. The molecule has 0 spiro atoms. The van der Waals surface area contributed by atoms with E-state index in [4.69, 9.17) is 9.52 Å². The summed E-state index contributed by atoms with van der Waals surface area (Å²) in [5.41, 5.74) is 1.91. The first-order valence-electron chi connectivity index (χ1n) is 12.3. The van der Waals surface area contributed by atoms with Crippen molar-refractivity contribution in [1.82, 2.24) is 9.80 Å². The van der Waals surface area contributed by atoms with Crippen molar-refractivity contribution in [1.29, 1.82) is 0 Å². The Hall–Kier alpha value is -3.63. The van der Waals surface area contributed by atoms with Gasteiger partial charge in [-0.3, -0.25) is 9.69 Å². The maximum atomic E-state index is 12.5. The number of thiophene rings is 1. The van der Waals surface area contributed by atoms with E-state index in [1.807, 2.05) is 12.1 Å². The molecule has 1 unspecified atom stereocenters. The van der Waals surface area contributed by atoms with Crippen LogP contribution in [0, 0.1) is 5.92 Å². The maximum Gasteiger partial charge on any atom is 0.332 e. The highest BCUT2D eigenvalue weighted by molar-refractivity contribution is 7.11. The highest BCUT2D eigenvalue weighted by Gasteiger charge is 2.31. The van der Waals surface area contributed by atoms with E-state index in [1.54, 1.807) is 22.5 Å². The zero-order chi connectivity index (χ0) is 25.9. The predicted molar refractivity (Wildman–Crippen MR) is 140 cm³/mol. The lowest BCUT2D eigenvalue weighted by Crippen LogP contribution is -2.45. The van der Waals surface area contributed by atoms with Gasteiger partial charge in [0.1, 0.15) is 0 Å². The number of carbonyl (C=O) groups is 3. The second-order valence-electron chi connectivity index (χ2n) is 9.50. The van der Waals surface area contributed by atoms with E-state index in [0.29, 0.717) is 13.0 Å². The molecule has 9 nitrogen and oxygen atoms in total. The summed E-state index contributed by atoms with van der Waals surface area (Å²) in [5.74, 6) is -3.06. The smallest absolute Gasteiger partial charge is 0.332 e. The third-order valence-corrected chi connectivity index (χ3v) is 8.14. The Kier molecular flexibility index (Phi) is 7.29. The number of anilines is 1. The molecule has 2 N–H and O–H groups in total. The minimum Gasteiger partial charge on any atom is -0.478 e. The second-order valence-corrected chi connectivity index (χ2v) is 10.8. The number of carboxylic acid groups (broad SMARTS) is 2. The molecule has 1 aromatic carbocycles. The number of carboxylic acids is 2. The van der Waals surface area contributed by atoms with Gasteiger partial charge in [0.25, 0.3) is 0 Å². The first kappa shape index (κ1) is 25.0. The van der Waals surface area contributed by atoms with Gasteiger partial charge in [-0.05, 0) is 30.7 Å². The van der Waals surface area contributed by atoms with Gasteiger partial charge in [-0.1, -0.05) is 12.1 Å². The average Bonchev–Trinajstić information content (AvgIpc) is 3.53. The quantitative estimate of drug-likeness (QED) is 0.430. The van der Waals surface area contributed by atoms with Crippen LogP contribution in [-0.4, -0.2) is 70.6 Å². The third-order valence-electron chi connectivity index (χ3n) is 7.08. The van der Waals surface area contributed by atoms with Gasteiger partial charge < -0.3 is 24.4 Å². The molecule has 2 aromatic heterocycles. The van der Waals surface area contributed by atoms with Crippen LogP contribution in [0.25, 0.3) is 11.0 Å². The van der Waals surface area contributed by atoms with Crippen LogP contribution >= 0.6 is 11.3 Å². The zero-order valence-corrected chi connectivity index (χ0v) is 21.2. The molecule has 194 valence electrons.